The molecule has 0 saturated heterocycles. The number of amides is 4. The largest absolute Gasteiger partial charge is 0.394 e. The fraction of sp³-hybridized carbons (Fsp3) is 0.346. The third-order valence-electron chi connectivity index (χ3n) is 25.4. The number of halogens is 12. The van der Waals surface area contributed by atoms with Crippen LogP contribution in [0.3, 0.4) is 0 Å². The minimum atomic E-state index is -1.35. The second-order valence-corrected chi connectivity index (χ2v) is 39.4. The standard InChI is InChI=1S/C27H28BrF3N4O2.C27H29BrF2N4O2.C25H25BrF2N4O3.C25H26BrFN4O3/c1-2-3-22(16-8-17(28)12-18(29)9-16)35-27(37)19-6-4-15(11-20(19)30)25-26(32)33-13-23(34-25)14-5-7-24(36)21(31)10-14;1-2-4-23(17-9-18(28)13-19(29)10-17)34-27(36)21-8-7-16(12-22(21)30)25-26(31)32-14-24(33-25)15-5-3-6-20(35)11-15;26-16-6-15(7-17(27)10-16)22(12-33)32-25(35)19-5-4-14(9-20(19)28)23-24(29)30-11-21(31-23)13-2-1-3-18(34)8-13;26-17-5-1-3-14(9-17)22(13-32)31-25(34)19-8-7-16(11-20(19)27)23-24(28)29-12-21(30-23)15-4-2-6-18(33)10-15/h4,6,8-9,11-14,21-22,24,36H,2-3,5,7,10H2,1H3,(H2,32,33)(H,35,37);7-10,12-15,20,23,35H,2-6,11H2,1H3,(H2,31,32)(H,34,36);4-7,9-11,13,18,22,33-34H,1-3,8,12H2,(H2,29,30)(H,32,35);1,3,5,7-9,11-12,15,18,22,32-33H,2,4,6,10,13H2,(H2,28,29)(H,31,34)/t14-,21-,22-,24-;15-,20+,23+;13?,18?,22-;15?,18?,22-/m1011/s1. The topological polar surface area (TPSA) is 445 Å². The lowest BCUT2D eigenvalue weighted by atomic mass is 9.84. The number of hydrogen-bond acceptors (Lipinski definition) is 22. The summed E-state index contributed by atoms with van der Waals surface area (Å²) < 4.78 is 118. The lowest BCUT2D eigenvalue weighted by Crippen LogP contribution is -2.31. The number of anilines is 4. The number of hydrogen-bond donors (Lipinski definition) is 14. The van der Waals surface area contributed by atoms with E-state index in [0.717, 1.165) is 87.2 Å². The quantitative estimate of drug-likeness (QED) is 0.0224. The maximum absolute atomic E-state index is 15.1. The van der Waals surface area contributed by atoms with Crippen molar-refractivity contribution in [2.75, 3.05) is 36.1 Å². The van der Waals surface area contributed by atoms with Crippen LogP contribution in [0.1, 0.15) is 270 Å². The van der Waals surface area contributed by atoms with Gasteiger partial charge >= 0.3 is 0 Å². The molecular weight excluding hydrogens is 2100 g/mol. The molecule has 142 heavy (non-hydrogen) atoms. The van der Waals surface area contributed by atoms with Crippen LogP contribution in [0.2, 0.25) is 0 Å². The van der Waals surface area contributed by atoms with Gasteiger partial charge in [0.05, 0.1) is 132 Å². The number of nitrogen functional groups attached to an aromatic ring is 4. The summed E-state index contributed by atoms with van der Waals surface area (Å²) in [6.07, 6.45) is 15.8. The van der Waals surface area contributed by atoms with Gasteiger partial charge in [-0.05, 0) is 227 Å². The first kappa shape index (κ1) is 108. The van der Waals surface area contributed by atoms with Gasteiger partial charge in [0.15, 0.2) is 0 Å². The summed E-state index contributed by atoms with van der Waals surface area (Å²) in [4.78, 5) is 86.7. The summed E-state index contributed by atoms with van der Waals surface area (Å²) in [5.74, 6) is -6.64. The summed E-state index contributed by atoms with van der Waals surface area (Å²) in [7, 11) is 0. The second kappa shape index (κ2) is 50.0. The summed E-state index contributed by atoms with van der Waals surface area (Å²) in [5.41, 5.74) is 30.9. The van der Waals surface area contributed by atoms with Crippen molar-refractivity contribution in [3.05, 3.63) is 302 Å². The third-order valence-corrected chi connectivity index (χ3v) is 27.3. The molecule has 4 saturated carbocycles. The average molecular weight is 2210 g/mol. The summed E-state index contributed by atoms with van der Waals surface area (Å²) in [5, 5.41) is 69.9. The van der Waals surface area contributed by atoms with Crippen LogP contribution in [0.5, 0.6) is 0 Å². The SMILES string of the molecule is CCC[C@@H](NC(=O)c1ccc(-c2nc([C@@H]3CC[C@@H](O)[C@H](F)C3)cnc2N)cc1F)c1cc(F)cc(Br)c1.CCC[C@@H](NC(=O)c1ccc(-c2nc([C@H]3CCC[C@@H](O)C3)cnc2N)cc1F)c1cc(F)cc(Br)c1.Nc1ncc(C2CCCC(O)C2)nc1-c1ccc(C(=O)N[C@H](CO)c2cc(F)cc(Br)c2)c(F)c1.Nc1ncc(C2CCCC(O)C2)nc1-c1ccc(C(=O)N[C@H](CO)c2cccc(Br)c2)c(F)c1. The Kier molecular flexibility index (Phi) is 37.9. The van der Waals surface area contributed by atoms with E-state index < -0.39 is 107 Å². The number of benzene rings is 8. The predicted molar refractivity (Wildman–Crippen MR) is 538 cm³/mol. The Morgan fingerprint density at radius 1 is 0.359 bits per heavy atom. The third kappa shape index (κ3) is 28.2. The maximum Gasteiger partial charge on any atom is 0.254 e. The van der Waals surface area contributed by atoms with Gasteiger partial charge in [-0.15, -0.1) is 0 Å². The van der Waals surface area contributed by atoms with E-state index in [4.69, 9.17) is 22.9 Å². The first-order chi connectivity index (χ1) is 68.0. The normalized spacial score (nSPS) is 19.2. The molecule has 38 heteroatoms. The molecule has 4 unspecified atom stereocenters. The van der Waals surface area contributed by atoms with Gasteiger partial charge in [0, 0.05) is 63.8 Å². The molecule has 16 rings (SSSR count). The molecule has 4 amide bonds. The number of nitrogens with zero attached hydrogens (tertiary/aromatic N) is 8. The number of aromatic nitrogens is 8. The molecule has 0 radical (unpaired) electrons. The summed E-state index contributed by atoms with van der Waals surface area (Å²) in [6, 6.07) is 33.8. The highest BCUT2D eigenvalue weighted by Gasteiger charge is 2.35. The smallest absolute Gasteiger partial charge is 0.254 e. The molecule has 0 bridgehead atoms. The molecule has 26 nitrogen and oxygen atoms in total. The van der Waals surface area contributed by atoms with E-state index in [1.807, 2.05) is 19.9 Å². The monoisotopic (exact) mass is 2210 g/mol. The Labute approximate surface area is 848 Å². The minimum absolute atomic E-state index is 0.0405. The van der Waals surface area contributed by atoms with Crippen molar-refractivity contribution in [1.29, 1.82) is 0 Å². The Bertz CT molecular complexity index is 6450. The van der Waals surface area contributed by atoms with Crippen LogP contribution in [0.25, 0.3) is 45.0 Å². The fourth-order valence-electron chi connectivity index (χ4n) is 18.0. The van der Waals surface area contributed by atoms with E-state index in [9.17, 15) is 76.2 Å². The number of aliphatic hydroxyl groups excluding tert-OH is 6. The lowest BCUT2D eigenvalue weighted by molar-refractivity contribution is 0.0363. The zero-order valence-electron chi connectivity index (χ0n) is 77.3. The van der Waals surface area contributed by atoms with Crippen molar-refractivity contribution in [2.24, 2.45) is 0 Å². The Morgan fingerprint density at radius 2 is 0.648 bits per heavy atom. The molecule has 0 spiro atoms. The predicted octanol–water partition coefficient (Wildman–Crippen LogP) is 20.4. The van der Waals surface area contributed by atoms with Crippen molar-refractivity contribution in [2.45, 2.75) is 214 Å². The summed E-state index contributed by atoms with van der Waals surface area (Å²) >= 11 is 13.1. The highest BCUT2D eigenvalue weighted by molar-refractivity contribution is 9.11. The van der Waals surface area contributed by atoms with Gasteiger partial charge in [-0.2, -0.15) is 0 Å². The van der Waals surface area contributed by atoms with Crippen molar-refractivity contribution in [1.82, 2.24) is 61.1 Å². The zero-order chi connectivity index (χ0) is 102. The molecule has 8 aromatic carbocycles. The van der Waals surface area contributed by atoms with Crippen LogP contribution in [0.15, 0.2) is 194 Å². The molecular formula is C104H108Br4F8N16O10. The number of nitrogens with two attached hydrogens (primary N) is 4. The molecule has 4 aliphatic rings. The van der Waals surface area contributed by atoms with Crippen molar-refractivity contribution >= 4 is 111 Å². The van der Waals surface area contributed by atoms with Crippen molar-refractivity contribution in [3.63, 3.8) is 0 Å². The summed E-state index contributed by atoms with van der Waals surface area (Å²) in [6.45, 7) is 3.05. The molecule has 18 N–H and O–H groups in total. The Balaban J connectivity index is 0.000000159. The van der Waals surface area contributed by atoms with E-state index in [2.05, 4.69) is 125 Å². The van der Waals surface area contributed by atoms with Crippen LogP contribution in [-0.4, -0.2) is 138 Å². The van der Waals surface area contributed by atoms with E-state index in [-0.39, 0.29) is 106 Å². The van der Waals surface area contributed by atoms with Gasteiger partial charge in [-0.1, -0.05) is 146 Å². The van der Waals surface area contributed by atoms with Crippen LogP contribution in [-0.2, 0) is 0 Å². The second-order valence-electron chi connectivity index (χ2n) is 35.7. The van der Waals surface area contributed by atoms with Crippen LogP contribution >= 0.6 is 63.7 Å². The lowest BCUT2D eigenvalue weighted by Gasteiger charge is -2.28. The van der Waals surface area contributed by atoms with Crippen LogP contribution in [0, 0.1) is 40.7 Å². The van der Waals surface area contributed by atoms with Gasteiger partial charge in [-0.3, -0.25) is 19.2 Å². The number of carbonyl (C=O) groups excluding carboxylic acids is 4. The van der Waals surface area contributed by atoms with Gasteiger partial charge in [0.1, 0.15) is 92.9 Å². The van der Waals surface area contributed by atoms with E-state index in [1.54, 1.807) is 67.1 Å². The Morgan fingerprint density at radius 3 is 0.923 bits per heavy atom. The van der Waals surface area contributed by atoms with E-state index >= 15 is 8.78 Å². The highest BCUT2D eigenvalue weighted by Crippen LogP contribution is 2.42. The first-order valence-corrected chi connectivity index (χ1v) is 49.8. The van der Waals surface area contributed by atoms with Crippen LogP contribution < -0.4 is 44.2 Å². The molecule has 0 aliphatic heterocycles. The molecule has 4 aliphatic carbocycles. The van der Waals surface area contributed by atoms with E-state index in [1.165, 1.54) is 91.1 Å². The number of aliphatic hydroxyl groups is 6. The molecule has 4 aromatic heterocycles. The van der Waals surface area contributed by atoms with Crippen molar-refractivity contribution < 1.29 is 84.9 Å². The number of alkyl halides is 1. The van der Waals surface area contributed by atoms with Gasteiger partial charge in [0.2, 0.25) is 0 Å². The molecule has 13 atom stereocenters. The highest BCUT2D eigenvalue weighted by atomic mass is 79.9. The Hall–Kier alpha value is -11.7. The van der Waals surface area contributed by atoms with Crippen LogP contribution in [0.4, 0.5) is 58.4 Å². The molecule has 12 aromatic rings. The number of rotatable bonds is 26. The van der Waals surface area contributed by atoms with Gasteiger partial charge in [-0.25, -0.2) is 75.0 Å². The molecule has 748 valence electrons. The van der Waals surface area contributed by atoms with Gasteiger partial charge in [0.25, 0.3) is 23.6 Å². The molecule has 4 fully saturated rings. The first-order valence-electron chi connectivity index (χ1n) is 46.7. The minimum Gasteiger partial charge on any atom is -0.394 e. The number of nitrogens with one attached hydrogen (secondary N) is 4. The average Bonchev–Trinajstić information content (AvgIpc) is 0.806. The van der Waals surface area contributed by atoms with Gasteiger partial charge < -0.3 is 74.8 Å². The number of carbonyl (C=O) groups is 4. The molecule has 4 heterocycles. The maximum atomic E-state index is 15.1. The zero-order valence-corrected chi connectivity index (χ0v) is 83.7. The van der Waals surface area contributed by atoms with Crippen molar-refractivity contribution in [3.8, 4) is 45.0 Å². The fourth-order valence-corrected chi connectivity index (χ4v) is 19.9. The van der Waals surface area contributed by atoms with E-state index in [0.29, 0.717) is 143 Å².